The Labute approximate surface area is 93.2 Å². The lowest BCUT2D eigenvalue weighted by Gasteiger charge is -2.28. The summed E-state index contributed by atoms with van der Waals surface area (Å²) in [5.41, 5.74) is 1.23. The molecule has 0 saturated heterocycles. The summed E-state index contributed by atoms with van der Waals surface area (Å²) in [6.45, 7) is 2.06. The van der Waals surface area contributed by atoms with E-state index in [1.54, 1.807) is 23.0 Å². The molecule has 4 heteroatoms. The fraction of sp³-hybridized carbons (Fsp3) is 0.636. The first-order chi connectivity index (χ1) is 7.15. The zero-order valence-electron chi connectivity index (χ0n) is 8.77. The first-order valence-electron chi connectivity index (χ1n) is 5.26. The monoisotopic (exact) mass is 225 g/mol. The van der Waals surface area contributed by atoms with Crippen LogP contribution in [0.25, 0.3) is 0 Å². The number of hydrogen-bond donors (Lipinski definition) is 1. The van der Waals surface area contributed by atoms with Crippen LogP contribution < -0.4 is 0 Å². The summed E-state index contributed by atoms with van der Waals surface area (Å²) in [7, 11) is 0. The van der Waals surface area contributed by atoms with Gasteiger partial charge in [0.05, 0.1) is 10.9 Å². The van der Waals surface area contributed by atoms with E-state index < -0.39 is 11.4 Å². The number of aromatic nitrogens is 1. The third-order valence-electron chi connectivity index (χ3n) is 3.60. The lowest BCUT2D eigenvalue weighted by atomic mass is 9.76. The van der Waals surface area contributed by atoms with Crippen LogP contribution in [-0.2, 0) is 11.2 Å². The van der Waals surface area contributed by atoms with E-state index in [1.165, 1.54) is 0 Å². The van der Waals surface area contributed by atoms with Crippen molar-refractivity contribution >= 4 is 17.3 Å². The van der Waals surface area contributed by atoms with Crippen molar-refractivity contribution in [2.24, 2.45) is 11.3 Å². The molecule has 15 heavy (non-hydrogen) atoms. The second kappa shape index (κ2) is 3.93. The molecule has 0 aromatic carbocycles. The molecular formula is C11H15NO2S. The van der Waals surface area contributed by atoms with Gasteiger partial charge in [0.15, 0.2) is 0 Å². The van der Waals surface area contributed by atoms with Gasteiger partial charge in [0.1, 0.15) is 0 Å². The number of thiazole rings is 1. The summed E-state index contributed by atoms with van der Waals surface area (Å²) in [5, 5.41) is 9.42. The Kier molecular flexibility index (Phi) is 2.78. The van der Waals surface area contributed by atoms with Crippen LogP contribution in [0.2, 0.25) is 0 Å². The standard InChI is InChI=1S/C11H15NO2S/c1-8-3-2-4-11(8,10(13)14)5-9-6-12-7-15-9/h6-8H,2-5H2,1H3,(H,13,14). The van der Waals surface area contributed by atoms with Crippen LogP contribution in [0.5, 0.6) is 0 Å². The second-order valence-electron chi connectivity index (χ2n) is 4.40. The third kappa shape index (κ3) is 1.78. The predicted molar refractivity (Wildman–Crippen MR) is 58.9 cm³/mol. The zero-order valence-corrected chi connectivity index (χ0v) is 9.59. The molecule has 1 fully saturated rings. The molecule has 1 aromatic heterocycles. The van der Waals surface area contributed by atoms with Gasteiger partial charge >= 0.3 is 5.97 Å². The number of carboxylic acids is 1. The smallest absolute Gasteiger partial charge is 0.310 e. The van der Waals surface area contributed by atoms with E-state index in [2.05, 4.69) is 11.9 Å². The average molecular weight is 225 g/mol. The number of nitrogens with zero attached hydrogens (tertiary/aromatic N) is 1. The molecule has 1 N–H and O–H groups in total. The Morgan fingerprint density at radius 3 is 3.07 bits per heavy atom. The van der Waals surface area contributed by atoms with E-state index in [4.69, 9.17) is 0 Å². The lowest BCUT2D eigenvalue weighted by Crippen LogP contribution is -2.35. The topological polar surface area (TPSA) is 50.2 Å². The van der Waals surface area contributed by atoms with E-state index in [-0.39, 0.29) is 5.92 Å². The van der Waals surface area contributed by atoms with Crippen LogP contribution in [0.15, 0.2) is 11.7 Å². The Hall–Kier alpha value is -0.900. The van der Waals surface area contributed by atoms with Gasteiger partial charge in [-0.25, -0.2) is 0 Å². The van der Waals surface area contributed by atoms with E-state index in [0.29, 0.717) is 6.42 Å². The molecular weight excluding hydrogens is 210 g/mol. The molecule has 2 unspecified atom stereocenters. The highest BCUT2D eigenvalue weighted by Crippen LogP contribution is 2.46. The highest BCUT2D eigenvalue weighted by Gasteiger charge is 2.47. The lowest BCUT2D eigenvalue weighted by molar-refractivity contribution is -0.150. The van der Waals surface area contributed by atoms with E-state index in [0.717, 1.165) is 24.1 Å². The largest absolute Gasteiger partial charge is 0.481 e. The molecule has 0 radical (unpaired) electrons. The molecule has 0 bridgehead atoms. The van der Waals surface area contributed by atoms with Gasteiger partial charge in [-0.3, -0.25) is 9.78 Å². The minimum atomic E-state index is -0.638. The van der Waals surface area contributed by atoms with Crippen LogP contribution >= 0.6 is 11.3 Å². The normalized spacial score (nSPS) is 30.6. The van der Waals surface area contributed by atoms with Gasteiger partial charge in [-0.1, -0.05) is 13.3 Å². The van der Waals surface area contributed by atoms with Crippen molar-refractivity contribution in [1.29, 1.82) is 0 Å². The number of carbonyl (C=O) groups is 1. The van der Waals surface area contributed by atoms with Gasteiger partial charge in [0, 0.05) is 11.1 Å². The Morgan fingerprint density at radius 2 is 2.60 bits per heavy atom. The van der Waals surface area contributed by atoms with Crippen molar-refractivity contribution in [3.8, 4) is 0 Å². The average Bonchev–Trinajstić information content (AvgIpc) is 2.78. The summed E-state index contributed by atoms with van der Waals surface area (Å²) in [4.78, 5) is 16.5. The van der Waals surface area contributed by atoms with Gasteiger partial charge in [-0.15, -0.1) is 11.3 Å². The highest BCUT2D eigenvalue weighted by atomic mass is 32.1. The fourth-order valence-corrected chi connectivity index (χ4v) is 3.26. The molecule has 0 amide bonds. The molecule has 1 aliphatic rings. The van der Waals surface area contributed by atoms with E-state index in [9.17, 15) is 9.90 Å². The summed E-state index contributed by atoms with van der Waals surface area (Å²) < 4.78 is 0. The molecule has 1 aromatic rings. The number of aliphatic carboxylic acids is 1. The SMILES string of the molecule is CC1CCCC1(Cc1cncs1)C(=O)O. The molecule has 2 rings (SSSR count). The Morgan fingerprint density at radius 1 is 1.80 bits per heavy atom. The highest BCUT2D eigenvalue weighted by molar-refractivity contribution is 7.09. The van der Waals surface area contributed by atoms with Crippen LogP contribution in [0.4, 0.5) is 0 Å². The molecule has 1 aliphatic carbocycles. The van der Waals surface area contributed by atoms with Crippen molar-refractivity contribution in [2.45, 2.75) is 32.6 Å². The van der Waals surface area contributed by atoms with Crippen LogP contribution in [0.3, 0.4) is 0 Å². The number of hydrogen-bond acceptors (Lipinski definition) is 3. The summed E-state index contributed by atoms with van der Waals surface area (Å²) in [6, 6.07) is 0. The molecule has 82 valence electrons. The molecule has 1 saturated carbocycles. The van der Waals surface area contributed by atoms with Gasteiger partial charge in [-0.2, -0.15) is 0 Å². The fourth-order valence-electron chi connectivity index (χ4n) is 2.54. The molecule has 1 heterocycles. The molecule has 0 aliphatic heterocycles. The molecule has 0 spiro atoms. The summed E-state index contributed by atoms with van der Waals surface area (Å²) in [5.74, 6) is -0.363. The van der Waals surface area contributed by atoms with Gasteiger partial charge in [-0.05, 0) is 25.2 Å². The zero-order chi connectivity index (χ0) is 10.9. The Bertz CT molecular complexity index is 349. The minimum absolute atomic E-state index is 0.275. The van der Waals surface area contributed by atoms with Gasteiger partial charge in [0.25, 0.3) is 0 Å². The molecule has 3 nitrogen and oxygen atoms in total. The third-order valence-corrected chi connectivity index (χ3v) is 4.38. The predicted octanol–water partition coefficient (Wildman–Crippen LogP) is 2.58. The minimum Gasteiger partial charge on any atom is -0.481 e. The van der Waals surface area contributed by atoms with Crippen LogP contribution in [-0.4, -0.2) is 16.1 Å². The summed E-state index contributed by atoms with van der Waals surface area (Å²) in [6.07, 6.45) is 5.31. The maximum atomic E-state index is 11.4. The van der Waals surface area contributed by atoms with Crippen molar-refractivity contribution in [3.05, 3.63) is 16.6 Å². The van der Waals surface area contributed by atoms with E-state index in [1.807, 2.05) is 0 Å². The van der Waals surface area contributed by atoms with Crippen molar-refractivity contribution in [3.63, 3.8) is 0 Å². The Balaban J connectivity index is 2.24. The van der Waals surface area contributed by atoms with Crippen molar-refractivity contribution in [2.75, 3.05) is 0 Å². The summed E-state index contributed by atoms with van der Waals surface area (Å²) >= 11 is 1.55. The van der Waals surface area contributed by atoms with E-state index >= 15 is 0 Å². The first kappa shape index (κ1) is 10.6. The van der Waals surface area contributed by atoms with Crippen molar-refractivity contribution < 1.29 is 9.90 Å². The number of rotatable bonds is 3. The molecule has 2 atom stereocenters. The maximum absolute atomic E-state index is 11.4. The van der Waals surface area contributed by atoms with Crippen LogP contribution in [0, 0.1) is 11.3 Å². The van der Waals surface area contributed by atoms with Crippen molar-refractivity contribution in [1.82, 2.24) is 4.98 Å². The van der Waals surface area contributed by atoms with Gasteiger partial charge < -0.3 is 5.11 Å². The number of carboxylic acid groups (broad SMARTS) is 1. The second-order valence-corrected chi connectivity index (χ2v) is 5.37. The maximum Gasteiger partial charge on any atom is 0.310 e. The quantitative estimate of drug-likeness (QED) is 0.860. The van der Waals surface area contributed by atoms with Crippen LogP contribution in [0.1, 0.15) is 31.1 Å². The van der Waals surface area contributed by atoms with Gasteiger partial charge in [0.2, 0.25) is 0 Å². The first-order valence-corrected chi connectivity index (χ1v) is 6.14.